The first-order valence-corrected chi connectivity index (χ1v) is 11.6. The number of carbonyl (C=O) groups is 1. The van der Waals surface area contributed by atoms with Crippen molar-refractivity contribution < 1.29 is 19.0 Å². The second-order valence-corrected chi connectivity index (χ2v) is 8.68. The lowest BCUT2D eigenvalue weighted by atomic mass is 9.74. The number of amides is 1. The summed E-state index contributed by atoms with van der Waals surface area (Å²) in [5, 5.41) is 3.22. The van der Waals surface area contributed by atoms with Crippen LogP contribution in [0.15, 0.2) is 48.5 Å². The third-order valence-electron chi connectivity index (χ3n) is 6.66. The lowest BCUT2D eigenvalue weighted by Crippen LogP contribution is -2.48. The van der Waals surface area contributed by atoms with Gasteiger partial charge in [0.05, 0.1) is 25.7 Å². The molecule has 0 aromatic heterocycles. The standard InChI is InChI=1S/C26H34N2O4/c1-30-24-5-3-2-4-23(24)22-8-6-21(7-9-22)20-26(10-16-31-17-11-26)25(29)27-12-13-28-14-18-32-19-15-28/h2-9H,10-20H2,1H3,(H,27,29). The van der Waals surface area contributed by atoms with Crippen molar-refractivity contribution in [2.24, 2.45) is 5.41 Å². The van der Waals surface area contributed by atoms with Gasteiger partial charge in [-0.15, -0.1) is 0 Å². The summed E-state index contributed by atoms with van der Waals surface area (Å²) in [6.45, 7) is 6.25. The largest absolute Gasteiger partial charge is 0.496 e. The Hall–Kier alpha value is -2.41. The zero-order chi connectivity index (χ0) is 22.2. The SMILES string of the molecule is COc1ccccc1-c1ccc(CC2(C(=O)NCCN3CCOCC3)CCOCC2)cc1. The Kier molecular flexibility index (Phi) is 7.79. The van der Waals surface area contributed by atoms with Gasteiger partial charge in [0.2, 0.25) is 5.91 Å². The summed E-state index contributed by atoms with van der Waals surface area (Å²) in [6, 6.07) is 16.6. The molecule has 0 radical (unpaired) electrons. The highest BCUT2D eigenvalue weighted by atomic mass is 16.5. The van der Waals surface area contributed by atoms with Gasteiger partial charge < -0.3 is 19.5 Å². The Labute approximate surface area is 190 Å². The number of nitrogens with one attached hydrogen (secondary N) is 1. The molecule has 1 amide bonds. The predicted octanol–water partition coefficient (Wildman–Crippen LogP) is 3.15. The van der Waals surface area contributed by atoms with Crippen molar-refractivity contribution >= 4 is 5.91 Å². The van der Waals surface area contributed by atoms with E-state index in [1.165, 1.54) is 5.56 Å². The minimum absolute atomic E-state index is 0.155. The Morgan fingerprint density at radius 1 is 1.00 bits per heavy atom. The van der Waals surface area contributed by atoms with Crippen LogP contribution in [0.5, 0.6) is 5.75 Å². The van der Waals surface area contributed by atoms with Crippen LogP contribution in [0.1, 0.15) is 18.4 Å². The average Bonchev–Trinajstić information content (AvgIpc) is 2.85. The Morgan fingerprint density at radius 2 is 1.69 bits per heavy atom. The highest BCUT2D eigenvalue weighted by Crippen LogP contribution is 2.36. The first-order chi connectivity index (χ1) is 15.7. The second kappa shape index (κ2) is 10.9. The van der Waals surface area contributed by atoms with Gasteiger partial charge in [0.1, 0.15) is 5.75 Å². The van der Waals surface area contributed by atoms with Gasteiger partial charge in [-0.05, 0) is 36.5 Å². The summed E-state index contributed by atoms with van der Waals surface area (Å²) in [7, 11) is 1.69. The Bertz CT molecular complexity index is 872. The van der Waals surface area contributed by atoms with E-state index in [2.05, 4.69) is 40.5 Å². The summed E-state index contributed by atoms with van der Waals surface area (Å²) in [5.41, 5.74) is 2.95. The fourth-order valence-electron chi connectivity index (χ4n) is 4.66. The average molecular weight is 439 g/mol. The van der Waals surface area contributed by atoms with Crippen LogP contribution in [0.25, 0.3) is 11.1 Å². The van der Waals surface area contributed by atoms with E-state index in [-0.39, 0.29) is 5.91 Å². The maximum atomic E-state index is 13.3. The predicted molar refractivity (Wildman–Crippen MR) is 125 cm³/mol. The molecule has 2 saturated heterocycles. The molecular weight excluding hydrogens is 404 g/mol. The van der Waals surface area contributed by atoms with Crippen molar-refractivity contribution in [2.75, 3.05) is 59.7 Å². The number of rotatable bonds is 8. The number of hydrogen-bond donors (Lipinski definition) is 1. The van der Waals surface area contributed by atoms with Crippen LogP contribution in [0, 0.1) is 5.41 Å². The van der Waals surface area contributed by atoms with E-state index in [9.17, 15) is 4.79 Å². The minimum atomic E-state index is -0.408. The van der Waals surface area contributed by atoms with Gasteiger partial charge in [0.25, 0.3) is 0 Å². The Balaban J connectivity index is 1.42. The molecule has 6 nitrogen and oxygen atoms in total. The van der Waals surface area contributed by atoms with Gasteiger partial charge in [-0.2, -0.15) is 0 Å². The monoisotopic (exact) mass is 438 g/mol. The van der Waals surface area contributed by atoms with Crippen molar-refractivity contribution in [3.63, 3.8) is 0 Å². The van der Waals surface area contributed by atoms with Crippen LogP contribution in [0.4, 0.5) is 0 Å². The van der Waals surface area contributed by atoms with Gasteiger partial charge in [-0.3, -0.25) is 9.69 Å². The summed E-state index contributed by atoms with van der Waals surface area (Å²) >= 11 is 0. The number of benzene rings is 2. The van der Waals surface area contributed by atoms with E-state index < -0.39 is 5.41 Å². The number of ether oxygens (including phenoxy) is 3. The fourth-order valence-corrected chi connectivity index (χ4v) is 4.66. The molecule has 2 aromatic carbocycles. The molecular formula is C26H34N2O4. The van der Waals surface area contributed by atoms with Crippen LogP contribution in [-0.4, -0.2) is 70.5 Å². The molecule has 4 rings (SSSR count). The molecule has 2 fully saturated rings. The third-order valence-corrected chi connectivity index (χ3v) is 6.66. The number of morpholine rings is 1. The summed E-state index contributed by atoms with van der Waals surface area (Å²) in [5.74, 6) is 1.02. The molecule has 32 heavy (non-hydrogen) atoms. The third kappa shape index (κ3) is 5.49. The van der Waals surface area contributed by atoms with E-state index in [4.69, 9.17) is 14.2 Å². The molecule has 172 valence electrons. The van der Waals surface area contributed by atoms with Crippen molar-refractivity contribution in [2.45, 2.75) is 19.3 Å². The van der Waals surface area contributed by atoms with Crippen molar-refractivity contribution in [3.8, 4) is 16.9 Å². The van der Waals surface area contributed by atoms with Crippen LogP contribution in [0.3, 0.4) is 0 Å². The first-order valence-electron chi connectivity index (χ1n) is 11.6. The number of methoxy groups -OCH3 is 1. The maximum absolute atomic E-state index is 13.3. The van der Waals surface area contributed by atoms with Gasteiger partial charge in [-0.25, -0.2) is 0 Å². The molecule has 2 aromatic rings. The lowest BCUT2D eigenvalue weighted by molar-refractivity contribution is -0.136. The minimum Gasteiger partial charge on any atom is -0.496 e. The van der Waals surface area contributed by atoms with Crippen molar-refractivity contribution in [1.29, 1.82) is 0 Å². The maximum Gasteiger partial charge on any atom is 0.226 e. The second-order valence-electron chi connectivity index (χ2n) is 8.68. The molecule has 1 N–H and O–H groups in total. The fraction of sp³-hybridized carbons (Fsp3) is 0.500. The molecule has 0 saturated carbocycles. The molecule has 0 atom stereocenters. The molecule has 0 spiro atoms. The molecule has 0 aliphatic carbocycles. The smallest absolute Gasteiger partial charge is 0.226 e. The van der Waals surface area contributed by atoms with E-state index >= 15 is 0 Å². The topological polar surface area (TPSA) is 60.0 Å². The van der Waals surface area contributed by atoms with Gasteiger partial charge in [-0.1, -0.05) is 42.5 Å². The zero-order valence-electron chi connectivity index (χ0n) is 19.0. The molecule has 0 unspecified atom stereocenters. The summed E-state index contributed by atoms with van der Waals surface area (Å²) in [6.07, 6.45) is 2.24. The number of carbonyl (C=O) groups excluding carboxylic acids is 1. The van der Waals surface area contributed by atoms with Crippen molar-refractivity contribution in [3.05, 3.63) is 54.1 Å². The van der Waals surface area contributed by atoms with Gasteiger partial charge >= 0.3 is 0 Å². The van der Waals surface area contributed by atoms with Crippen LogP contribution < -0.4 is 10.1 Å². The number of para-hydroxylation sites is 1. The Morgan fingerprint density at radius 3 is 2.41 bits per heavy atom. The molecule has 2 aliphatic rings. The molecule has 0 bridgehead atoms. The highest BCUT2D eigenvalue weighted by molar-refractivity contribution is 5.83. The molecule has 2 heterocycles. The quantitative estimate of drug-likeness (QED) is 0.686. The molecule has 2 aliphatic heterocycles. The summed E-state index contributed by atoms with van der Waals surface area (Å²) < 4.78 is 16.5. The van der Waals surface area contributed by atoms with Gasteiger partial charge in [0, 0.05) is 45.0 Å². The van der Waals surface area contributed by atoms with E-state index in [0.29, 0.717) is 19.8 Å². The van der Waals surface area contributed by atoms with Crippen LogP contribution in [0.2, 0.25) is 0 Å². The zero-order valence-corrected chi connectivity index (χ0v) is 19.0. The lowest BCUT2D eigenvalue weighted by Gasteiger charge is -2.36. The first kappa shape index (κ1) is 22.8. The number of nitrogens with zero attached hydrogens (tertiary/aromatic N) is 1. The normalized spacial score (nSPS) is 18.8. The van der Waals surface area contributed by atoms with Crippen molar-refractivity contribution in [1.82, 2.24) is 10.2 Å². The van der Waals surface area contributed by atoms with Crippen LogP contribution >= 0.6 is 0 Å². The summed E-state index contributed by atoms with van der Waals surface area (Å²) in [4.78, 5) is 15.7. The van der Waals surface area contributed by atoms with Gasteiger partial charge in [0.15, 0.2) is 0 Å². The van der Waals surface area contributed by atoms with E-state index in [1.807, 2.05) is 18.2 Å². The number of hydrogen-bond acceptors (Lipinski definition) is 5. The van der Waals surface area contributed by atoms with E-state index in [1.54, 1.807) is 7.11 Å². The molecule has 6 heteroatoms. The van der Waals surface area contributed by atoms with Crippen LogP contribution in [-0.2, 0) is 20.7 Å². The van der Waals surface area contributed by atoms with E-state index in [0.717, 1.165) is 69.0 Å². The highest BCUT2D eigenvalue weighted by Gasteiger charge is 2.40.